The third kappa shape index (κ3) is 131. The fourth-order valence-electron chi connectivity index (χ4n) is 0. The van der Waals surface area contributed by atoms with Crippen molar-refractivity contribution in [3.05, 3.63) is 13.2 Å². The fourth-order valence-corrected chi connectivity index (χ4v) is 0. The third-order valence-electron chi connectivity index (χ3n) is 0.333. The van der Waals surface area contributed by atoms with Gasteiger partial charge in [0.15, 0.2) is 0 Å². The van der Waals surface area contributed by atoms with Gasteiger partial charge in [0, 0.05) is 26.2 Å². The Morgan fingerprint density at radius 3 is 0.700 bits per heavy atom. The molecule has 0 amide bonds. The maximum Gasteiger partial charge on any atom is 0.00461 e. The van der Waals surface area contributed by atoms with Gasteiger partial charge in [0.05, 0.1) is 0 Å². The molecule has 0 aliphatic carbocycles. The molecule has 10 heavy (non-hydrogen) atoms. The van der Waals surface area contributed by atoms with E-state index >= 15 is 0 Å². The molecule has 0 fully saturated rings. The predicted octanol–water partition coefficient (Wildman–Crippen LogP) is -1.39. The molecule has 0 rings (SSSR count). The smallest absolute Gasteiger partial charge is 0.00461 e. The van der Waals surface area contributed by atoms with E-state index in [1.807, 2.05) is 0 Å². The van der Waals surface area contributed by atoms with Crippen molar-refractivity contribution in [1.29, 1.82) is 0 Å². The molecule has 0 unspecified atom stereocenters. The van der Waals surface area contributed by atoms with Crippen molar-refractivity contribution in [3.8, 4) is 0 Å². The first-order valence-corrected chi connectivity index (χ1v) is 3.13. The Labute approximate surface area is 63.2 Å². The molecule has 0 aromatic rings. The lowest BCUT2D eigenvalue weighted by Crippen LogP contribution is -2.11. The van der Waals surface area contributed by atoms with E-state index < -0.39 is 0 Å². The van der Waals surface area contributed by atoms with Crippen LogP contribution < -0.4 is 22.9 Å². The molecule has 0 heterocycles. The highest BCUT2D eigenvalue weighted by Gasteiger charge is 1.54. The van der Waals surface area contributed by atoms with E-state index in [1.165, 1.54) is 0 Å². The van der Waals surface area contributed by atoms with Crippen LogP contribution in [0.25, 0.3) is 0 Å². The molecule has 0 bridgehead atoms. The predicted molar refractivity (Wildman–Crippen MR) is 47.5 cm³/mol. The van der Waals surface area contributed by atoms with Crippen molar-refractivity contribution in [2.24, 2.45) is 22.9 Å². The van der Waals surface area contributed by atoms with Crippen molar-refractivity contribution < 1.29 is 0 Å². The van der Waals surface area contributed by atoms with Crippen LogP contribution in [-0.2, 0) is 0 Å². The summed E-state index contributed by atoms with van der Waals surface area (Å²) >= 11 is 0. The van der Waals surface area contributed by atoms with Gasteiger partial charge in [-0.1, -0.05) is 0 Å². The summed E-state index contributed by atoms with van der Waals surface area (Å²) in [5.41, 5.74) is 19.6. The minimum Gasteiger partial charge on any atom is -0.329 e. The lowest BCUT2D eigenvalue weighted by Gasteiger charge is -1.72. The van der Waals surface area contributed by atoms with Crippen LogP contribution in [0.4, 0.5) is 0 Å². The van der Waals surface area contributed by atoms with E-state index in [9.17, 15) is 0 Å². The zero-order valence-electron chi connectivity index (χ0n) is 6.55. The fraction of sp³-hybridized carbons (Fsp3) is 0.667. The van der Waals surface area contributed by atoms with Gasteiger partial charge in [0.25, 0.3) is 0 Å². The number of rotatable bonds is 2. The quantitative estimate of drug-likeness (QED) is 0.362. The van der Waals surface area contributed by atoms with Gasteiger partial charge in [-0.05, 0) is 0 Å². The molecule has 4 heteroatoms. The van der Waals surface area contributed by atoms with Crippen LogP contribution in [0.15, 0.2) is 13.2 Å². The molecule has 0 radical (unpaired) electrons. The van der Waals surface area contributed by atoms with E-state index in [1.54, 1.807) is 0 Å². The van der Waals surface area contributed by atoms with Crippen molar-refractivity contribution in [3.63, 3.8) is 0 Å². The maximum absolute atomic E-state index is 4.90. The molecule has 64 valence electrons. The second-order valence-corrected chi connectivity index (χ2v) is 1.15. The largest absolute Gasteiger partial charge is 0.329 e. The lowest BCUT2D eigenvalue weighted by atomic mass is 10.7. The lowest BCUT2D eigenvalue weighted by molar-refractivity contribution is 0.976. The molecule has 0 aliphatic heterocycles. The highest BCUT2D eigenvalue weighted by molar-refractivity contribution is 4.26. The summed E-state index contributed by atoms with van der Waals surface area (Å²) in [5.74, 6) is 0. The Morgan fingerprint density at radius 1 is 0.600 bits per heavy atom. The number of hydrogen-bond acceptors (Lipinski definition) is 4. The van der Waals surface area contributed by atoms with E-state index in [0.29, 0.717) is 26.2 Å². The Balaban J connectivity index is -0.0000000787. The van der Waals surface area contributed by atoms with Crippen LogP contribution in [0.2, 0.25) is 0 Å². The van der Waals surface area contributed by atoms with Crippen molar-refractivity contribution in [1.82, 2.24) is 0 Å². The third-order valence-corrected chi connectivity index (χ3v) is 0.333. The number of nitrogens with two attached hydrogens (primary N) is 4. The Hall–Kier alpha value is -0.420. The van der Waals surface area contributed by atoms with Crippen LogP contribution in [0.3, 0.4) is 0 Å². The second-order valence-electron chi connectivity index (χ2n) is 1.15. The summed E-state index contributed by atoms with van der Waals surface area (Å²) in [5, 5.41) is 0. The van der Waals surface area contributed by atoms with E-state index in [2.05, 4.69) is 13.2 Å². The number of hydrogen-bond donors (Lipinski definition) is 4. The minimum absolute atomic E-state index is 0.597. The van der Waals surface area contributed by atoms with Crippen LogP contribution in [0, 0.1) is 0 Å². The van der Waals surface area contributed by atoms with E-state index in [-0.39, 0.29) is 0 Å². The first-order valence-electron chi connectivity index (χ1n) is 3.13. The average molecular weight is 148 g/mol. The van der Waals surface area contributed by atoms with Gasteiger partial charge in [-0.25, -0.2) is 0 Å². The Morgan fingerprint density at radius 2 is 0.700 bits per heavy atom. The van der Waals surface area contributed by atoms with Gasteiger partial charge >= 0.3 is 0 Å². The van der Waals surface area contributed by atoms with Gasteiger partial charge in [0.2, 0.25) is 0 Å². The molecular formula is C6H20N4. The molecule has 0 saturated carbocycles. The van der Waals surface area contributed by atoms with E-state index in [0.717, 1.165) is 0 Å². The van der Waals surface area contributed by atoms with Crippen molar-refractivity contribution in [2.45, 2.75) is 0 Å². The van der Waals surface area contributed by atoms with Gasteiger partial charge in [-0.3, -0.25) is 0 Å². The maximum atomic E-state index is 4.90. The first kappa shape index (κ1) is 16.3. The average Bonchev–Trinajstić information content (AvgIpc) is 2.08. The second kappa shape index (κ2) is 38.5. The van der Waals surface area contributed by atoms with Crippen LogP contribution in [0.5, 0.6) is 0 Å². The standard InChI is InChI=1S/2C2H8N2.C2H4/c2*3-1-2-4;1-2/h2*1-4H2;1-2H2. The topological polar surface area (TPSA) is 104 Å². The summed E-state index contributed by atoms with van der Waals surface area (Å²) in [4.78, 5) is 0. The normalized spacial score (nSPS) is 6.40. The zero-order valence-corrected chi connectivity index (χ0v) is 6.55. The van der Waals surface area contributed by atoms with Gasteiger partial charge < -0.3 is 22.9 Å². The van der Waals surface area contributed by atoms with Crippen molar-refractivity contribution >= 4 is 0 Å². The van der Waals surface area contributed by atoms with Crippen LogP contribution in [0.1, 0.15) is 0 Å². The molecule has 0 spiro atoms. The molecule has 0 aromatic carbocycles. The molecule has 0 aliphatic rings. The molecular weight excluding hydrogens is 128 g/mol. The highest BCUT2D eigenvalue weighted by Crippen LogP contribution is 1.24. The molecule has 0 aromatic heterocycles. The Kier molecular flexibility index (Phi) is 62.7. The molecule has 4 nitrogen and oxygen atoms in total. The summed E-state index contributed by atoms with van der Waals surface area (Å²) in [6.45, 7) is 8.39. The molecule has 0 saturated heterocycles. The minimum atomic E-state index is 0.597. The van der Waals surface area contributed by atoms with Crippen LogP contribution >= 0.6 is 0 Å². The summed E-state index contributed by atoms with van der Waals surface area (Å²) in [6.07, 6.45) is 0. The van der Waals surface area contributed by atoms with Gasteiger partial charge in [-0.2, -0.15) is 0 Å². The Bertz CT molecular complexity index is 24.9. The zero-order chi connectivity index (χ0) is 8.83. The van der Waals surface area contributed by atoms with Crippen LogP contribution in [-0.4, -0.2) is 26.2 Å². The van der Waals surface area contributed by atoms with Gasteiger partial charge in [0.1, 0.15) is 0 Å². The highest BCUT2D eigenvalue weighted by atomic mass is 14.6. The van der Waals surface area contributed by atoms with Gasteiger partial charge in [-0.15, -0.1) is 13.2 Å². The van der Waals surface area contributed by atoms with E-state index in [4.69, 9.17) is 22.9 Å². The summed E-state index contributed by atoms with van der Waals surface area (Å²) < 4.78 is 0. The first-order chi connectivity index (χ1) is 4.83. The summed E-state index contributed by atoms with van der Waals surface area (Å²) in [7, 11) is 0. The van der Waals surface area contributed by atoms with Crippen molar-refractivity contribution in [2.75, 3.05) is 26.2 Å². The SMILES string of the molecule is C=C.NCCN.NCCN. The molecule has 0 atom stereocenters. The molecule has 8 N–H and O–H groups in total. The summed E-state index contributed by atoms with van der Waals surface area (Å²) in [6, 6.07) is 0. The monoisotopic (exact) mass is 148 g/mol.